The molecule has 4 rings (SSSR count). The van der Waals surface area contributed by atoms with E-state index < -0.39 is 0 Å². The van der Waals surface area contributed by atoms with Gasteiger partial charge >= 0.3 is 0 Å². The zero-order valence-corrected chi connectivity index (χ0v) is 18.1. The van der Waals surface area contributed by atoms with Crippen molar-refractivity contribution in [2.75, 3.05) is 39.8 Å². The van der Waals surface area contributed by atoms with Gasteiger partial charge in [0.05, 0.1) is 19.7 Å². The third-order valence-corrected chi connectivity index (χ3v) is 6.86. The molecule has 6 nitrogen and oxygen atoms in total. The van der Waals surface area contributed by atoms with Crippen LogP contribution in [0, 0.1) is 11.8 Å². The zero-order valence-electron chi connectivity index (χ0n) is 18.1. The standard InChI is InChI=1S/C24H35N3O3/c1-30-21-9-7-19(8-10-21)23(18-5-6-18)25-22(28)17-26-15-11-20(12-16-26)24(29)27-13-3-2-4-14-27/h7-10,18,20,23H,2-6,11-17H2,1H3,(H,25,28). The third kappa shape index (κ3) is 5.34. The van der Waals surface area contributed by atoms with Crippen molar-refractivity contribution in [1.29, 1.82) is 0 Å². The summed E-state index contributed by atoms with van der Waals surface area (Å²) in [5.74, 6) is 1.94. The van der Waals surface area contributed by atoms with Crippen LogP contribution < -0.4 is 10.1 Å². The molecule has 0 aromatic heterocycles. The second kappa shape index (κ2) is 9.82. The maximum atomic E-state index is 12.8. The second-order valence-electron chi connectivity index (χ2n) is 9.09. The molecule has 164 valence electrons. The van der Waals surface area contributed by atoms with Gasteiger partial charge in [-0.2, -0.15) is 0 Å². The van der Waals surface area contributed by atoms with Crippen molar-refractivity contribution < 1.29 is 14.3 Å². The van der Waals surface area contributed by atoms with Crippen molar-refractivity contribution in [2.24, 2.45) is 11.8 Å². The topological polar surface area (TPSA) is 61.9 Å². The molecule has 1 aromatic rings. The summed E-state index contributed by atoms with van der Waals surface area (Å²) >= 11 is 0. The SMILES string of the molecule is COc1ccc(C(NC(=O)CN2CCC(C(=O)N3CCCCC3)CC2)C2CC2)cc1. The number of amides is 2. The molecule has 3 aliphatic rings. The van der Waals surface area contributed by atoms with Gasteiger partial charge in [0.1, 0.15) is 5.75 Å². The van der Waals surface area contributed by atoms with Crippen LogP contribution in [0.25, 0.3) is 0 Å². The summed E-state index contributed by atoms with van der Waals surface area (Å²) in [6.07, 6.45) is 7.60. The Hall–Kier alpha value is -2.08. The Kier molecular flexibility index (Phi) is 6.93. The lowest BCUT2D eigenvalue weighted by Gasteiger charge is -2.35. The number of piperidine rings is 2. The minimum Gasteiger partial charge on any atom is -0.497 e. The summed E-state index contributed by atoms with van der Waals surface area (Å²) in [4.78, 5) is 29.8. The average Bonchev–Trinajstić information content (AvgIpc) is 3.63. The van der Waals surface area contributed by atoms with E-state index in [1.54, 1.807) is 7.11 Å². The Balaban J connectivity index is 1.25. The average molecular weight is 414 g/mol. The first-order valence-corrected chi connectivity index (χ1v) is 11.6. The van der Waals surface area contributed by atoms with Gasteiger partial charge in [0.2, 0.25) is 11.8 Å². The van der Waals surface area contributed by atoms with Crippen LogP contribution in [0.4, 0.5) is 0 Å². The molecule has 1 unspecified atom stereocenters. The lowest BCUT2D eigenvalue weighted by atomic mass is 9.94. The Labute approximate surface area is 179 Å². The molecular formula is C24H35N3O3. The highest BCUT2D eigenvalue weighted by Crippen LogP contribution is 2.41. The molecule has 30 heavy (non-hydrogen) atoms. The quantitative estimate of drug-likeness (QED) is 0.747. The van der Waals surface area contributed by atoms with Gasteiger partial charge in [-0.05, 0) is 81.6 Å². The van der Waals surface area contributed by atoms with Crippen molar-refractivity contribution in [3.63, 3.8) is 0 Å². The third-order valence-electron chi connectivity index (χ3n) is 6.86. The molecule has 1 N–H and O–H groups in total. The number of methoxy groups -OCH3 is 1. The van der Waals surface area contributed by atoms with Crippen molar-refractivity contribution in [1.82, 2.24) is 15.1 Å². The van der Waals surface area contributed by atoms with Crippen molar-refractivity contribution >= 4 is 11.8 Å². The molecule has 6 heteroatoms. The van der Waals surface area contributed by atoms with Crippen LogP contribution >= 0.6 is 0 Å². The van der Waals surface area contributed by atoms with E-state index in [1.165, 1.54) is 19.3 Å². The number of carbonyl (C=O) groups is 2. The van der Waals surface area contributed by atoms with Crippen molar-refractivity contribution in [3.05, 3.63) is 29.8 Å². The summed E-state index contributed by atoms with van der Waals surface area (Å²) in [5, 5.41) is 3.27. The molecule has 0 bridgehead atoms. The van der Waals surface area contributed by atoms with Crippen LogP contribution in [0.1, 0.15) is 56.6 Å². The summed E-state index contributed by atoms with van der Waals surface area (Å²) < 4.78 is 5.25. The van der Waals surface area contributed by atoms with Gasteiger partial charge < -0.3 is 15.0 Å². The lowest BCUT2D eigenvalue weighted by molar-refractivity contribution is -0.138. The van der Waals surface area contributed by atoms with Crippen LogP contribution in [0.3, 0.4) is 0 Å². The first-order chi connectivity index (χ1) is 14.6. The van der Waals surface area contributed by atoms with Crippen LogP contribution in [-0.4, -0.2) is 61.4 Å². The van der Waals surface area contributed by atoms with E-state index in [0.717, 1.165) is 63.2 Å². The minimum absolute atomic E-state index is 0.0848. The molecule has 1 atom stereocenters. The zero-order chi connectivity index (χ0) is 20.9. The molecule has 2 heterocycles. The molecule has 1 aromatic carbocycles. The Morgan fingerprint density at radius 1 is 1.00 bits per heavy atom. The molecule has 1 aliphatic carbocycles. The highest BCUT2D eigenvalue weighted by molar-refractivity contribution is 5.80. The highest BCUT2D eigenvalue weighted by Gasteiger charge is 2.34. The molecule has 2 amide bonds. The molecule has 1 saturated carbocycles. The van der Waals surface area contributed by atoms with E-state index in [4.69, 9.17) is 4.74 Å². The number of nitrogens with one attached hydrogen (secondary N) is 1. The molecule has 3 fully saturated rings. The number of rotatable bonds is 7. The monoisotopic (exact) mass is 413 g/mol. The predicted molar refractivity (Wildman–Crippen MR) is 116 cm³/mol. The van der Waals surface area contributed by atoms with Gasteiger partial charge in [-0.1, -0.05) is 12.1 Å². The Morgan fingerprint density at radius 2 is 1.67 bits per heavy atom. The Morgan fingerprint density at radius 3 is 2.27 bits per heavy atom. The molecular weight excluding hydrogens is 378 g/mol. The van der Waals surface area contributed by atoms with Gasteiger partial charge in [-0.25, -0.2) is 0 Å². The number of benzene rings is 1. The first-order valence-electron chi connectivity index (χ1n) is 11.6. The number of hydrogen-bond acceptors (Lipinski definition) is 4. The van der Waals surface area contributed by atoms with E-state index in [0.29, 0.717) is 18.4 Å². The van der Waals surface area contributed by atoms with Gasteiger partial charge in [0.15, 0.2) is 0 Å². The normalized spacial score (nSPS) is 21.8. The first kappa shape index (κ1) is 21.2. The fourth-order valence-electron chi connectivity index (χ4n) is 4.85. The van der Waals surface area contributed by atoms with E-state index >= 15 is 0 Å². The van der Waals surface area contributed by atoms with E-state index in [1.807, 2.05) is 12.1 Å². The summed E-state index contributed by atoms with van der Waals surface area (Å²) in [5.41, 5.74) is 1.15. The maximum absolute atomic E-state index is 12.8. The molecule has 2 saturated heterocycles. The van der Waals surface area contributed by atoms with Crippen molar-refractivity contribution in [3.8, 4) is 5.75 Å². The fourth-order valence-corrected chi connectivity index (χ4v) is 4.85. The molecule has 0 radical (unpaired) electrons. The minimum atomic E-state index is 0.0848. The second-order valence-corrected chi connectivity index (χ2v) is 9.09. The van der Waals surface area contributed by atoms with Crippen LogP contribution in [0.5, 0.6) is 5.75 Å². The summed E-state index contributed by atoms with van der Waals surface area (Å²) in [6.45, 7) is 3.93. The van der Waals surface area contributed by atoms with Crippen molar-refractivity contribution in [2.45, 2.75) is 51.0 Å². The van der Waals surface area contributed by atoms with Crippen LogP contribution in [0.2, 0.25) is 0 Å². The smallest absolute Gasteiger partial charge is 0.234 e. The number of hydrogen-bond donors (Lipinski definition) is 1. The highest BCUT2D eigenvalue weighted by atomic mass is 16.5. The summed E-state index contributed by atoms with van der Waals surface area (Å²) in [7, 11) is 1.67. The fraction of sp³-hybridized carbons (Fsp3) is 0.667. The van der Waals surface area contributed by atoms with E-state index in [9.17, 15) is 9.59 Å². The number of likely N-dealkylation sites (tertiary alicyclic amines) is 2. The number of carbonyl (C=O) groups excluding carboxylic acids is 2. The predicted octanol–water partition coefficient (Wildman–Crippen LogP) is 2.99. The number of nitrogens with zero attached hydrogens (tertiary/aromatic N) is 2. The lowest BCUT2D eigenvalue weighted by Crippen LogP contribution is -2.46. The maximum Gasteiger partial charge on any atom is 0.234 e. The van der Waals surface area contributed by atoms with Gasteiger partial charge in [0, 0.05) is 19.0 Å². The van der Waals surface area contributed by atoms with Crippen LogP contribution in [-0.2, 0) is 9.59 Å². The summed E-state index contributed by atoms with van der Waals surface area (Å²) in [6, 6.07) is 8.11. The van der Waals surface area contributed by atoms with E-state index in [-0.39, 0.29) is 17.9 Å². The van der Waals surface area contributed by atoms with Crippen LogP contribution in [0.15, 0.2) is 24.3 Å². The molecule has 0 spiro atoms. The largest absolute Gasteiger partial charge is 0.497 e. The van der Waals surface area contributed by atoms with Gasteiger partial charge in [-0.15, -0.1) is 0 Å². The number of ether oxygens (including phenoxy) is 1. The molecule has 2 aliphatic heterocycles. The van der Waals surface area contributed by atoms with Gasteiger partial charge in [-0.3, -0.25) is 14.5 Å². The Bertz CT molecular complexity index is 718. The van der Waals surface area contributed by atoms with Gasteiger partial charge in [0.25, 0.3) is 0 Å². The van der Waals surface area contributed by atoms with E-state index in [2.05, 4.69) is 27.2 Å².